The number of hydrogen-bond donors (Lipinski definition) is 2. The number of nitrogens with zero attached hydrogens (tertiary/aromatic N) is 1. The number of aromatic amines is 1. The van der Waals surface area contributed by atoms with Gasteiger partial charge in [-0.05, 0) is 49.1 Å². The van der Waals surface area contributed by atoms with Crippen molar-refractivity contribution in [1.29, 1.82) is 0 Å². The number of nitrogens with one attached hydrogen (secondary N) is 1. The van der Waals surface area contributed by atoms with E-state index >= 15 is 0 Å². The summed E-state index contributed by atoms with van der Waals surface area (Å²) in [6.45, 7) is 0. The minimum absolute atomic E-state index is 0.234. The van der Waals surface area contributed by atoms with Crippen molar-refractivity contribution in [2.45, 2.75) is 24.8 Å². The van der Waals surface area contributed by atoms with Gasteiger partial charge in [0.2, 0.25) is 0 Å². The lowest BCUT2D eigenvalue weighted by Crippen LogP contribution is -2.44. The molecule has 1 aliphatic carbocycles. The predicted molar refractivity (Wildman–Crippen MR) is 63.7 cm³/mol. The summed E-state index contributed by atoms with van der Waals surface area (Å²) in [4.78, 5) is 7.57. The van der Waals surface area contributed by atoms with Crippen molar-refractivity contribution < 1.29 is 4.39 Å². The highest BCUT2D eigenvalue weighted by Gasteiger charge is 2.37. The van der Waals surface area contributed by atoms with Crippen LogP contribution >= 0.6 is 0 Å². The largest absolute Gasteiger partial charge is 0.340 e. The second-order valence-corrected chi connectivity index (χ2v) is 4.66. The summed E-state index contributed by atoms with van der Waals surface area (Å²) in [5.74, 6) is 0.603. The third-order valence-corrected chi connectivity index (χ3v) is 3.45. The number of aromatic nitrogens is 2. The molecule has 0 unspecified atom stereocenters. The van der Waals surface area contributed by atoms with E-state index in [1.165, 1.54) is 12.1 Å². The van der Waals surface area contributed by atoms with Crippen LogP contribution in [0.3, 0.4) is 0 Å². The second kappa shape index (κ2) is 3.67. The molecule has 0 amide bonds. The highest BCUT2D eigenvalue weighted by atomic mass is 19.1. The van der Waals surface area contributed by atoms with Crippen molar-refractivity contribution in [3.8, 4) is 11.3 Å². The summed E-state index contributed by atoms with van der Waals surface area (Å²) in [6, 6.07) is 6.35. The monoisotopic (exact) mass is 231 g/mol. The van der Waals surface area contributed by atoms with Crippen molar-refractivity contribution in [3.63, 3.8) is 0 Å². The van der Waals surface area contributed by atoms with E-state index in [-0.39, 0.29) is 11.4 Å². The van der Waals surface area contributed by atoms with Crippen molar-refractivity contribution in [2.75, 3.05) is 0 Å². The molecule has 0 radical (unpaired) electrons. The summed E-state index contributed by atoms with van der Waals surface area (Å²) < 4.78 is 12.8. The first-order valence-electron chi connectivity index (χ1n) is 5.78. The van der Waals surface area contributed by atoms with Gasteiger partial charge in [0.15, 0.2) is 0 Å². The van der Waals surface area contributed by atoms with Gasteiger partial charge in [0, 0.05) is 0 Å². The number of H-pyrrole nitrogens is 1. The Morgan fingerprint density at radius 3 is 2.53 bits per heavy atom. The highest BCUT2D eigenvalue weighted by molar-refractivity contribution is 5.58. The van der Waals surface area contributed by atoms with Crippen molar-refractivity contribution in [2.24, 2.45) is 5.73 Å². The third-order valence-electron chi connectivity index (χ3n) is 3.45. The van der Waals surface area contributed by atoms with Crippen LogP contribution in [0, 0.1) is 5.82 Å². The van der Waals surface area contributed by atoms with E-state index in [9.17, 15) is 4.39 Å². The van der Waals surface area contributed by atoms with E-state index in [1.54, 1.807) is 18.3 Å². The fraction of sp³-hybridized carbons (Fsp3) is 0.308. The quantitative estimate of drug-likeness (QED) is 0.834. The predicted octanol–water partition coefficient (Wildman–Crippen LogP) is 2.55. The maximum atomic E-state index is 12.8. The molecule has 3 N–H and O–H groups in total. The maximum Gasteiger partial charge on any atom is 0.126 e. The minimum atomic E-state index is -0.279. The maximum absolute atomic E-state index is 12.8. The number of benzene rings is 1. The molecule has 0 bridgehead atoms. The average molecular weight is 231 g/mol. The molecule has 2 aromatic rings. The molecule has 0 aliphatic heterocycles. The number of nitrogens with two attached hydrogens (primary N) is 1. The number of halogens is 1. The van der Waals surface area contributed by atoms with Crippen LogP contribution in [-0.2, 0) is 5.54 Å². The van der Waals surface area contributed by atoms with Crippen LogP contribution in [0.1, 0.15) is 25.1 Å². The van der Waals surface area contributed by atoms with E-state index in [2.05, 4.69) is 9.97 Å². The molecular weight excluding hydrogens is 217 g/mol. The van der Waals surface area contributed by atoms with Crippen molar-refractivity contribution in [3.05, 3.63) is 42.1 Å². The van der Waals surface area contributed by atoms with Gasteiger partial charge in [-0.15, -0.1) is 0 Å². The Hall–Kier alpha value is -1.68. The number of hydrogen-bond acceptors (Lipinski definition) is 2. The van der Waals surface area contributed by atoms with Crippen molar-refractivity contribution >= 4 is 0 Å². The first-order chi connectivity index (χ1) is 8.17. The molecule has 0 spiro atoms. The van der Waals surface area contributed by atoms with E-state index in [0.717, 1.165) is 36.3 Å². The van der Waals surface area contributed by atoms with Crippen LogP contribution in [0.2, 0.25) is 0 Å². The lowest BCUT2D eigenvalue weighted by Gasteiger charge is -2.35. The molecule has 1 fully saturated rings. The minimum Gasteiger partial charge on any atom is -0.340 e. The van der Waals surface area contributed by atoms with Gasteiger partial charge in [-0.25, -0.2) is 9.37 Å². The SMILES string of the molecule is NC1(c2ncc(-c3ccc(F)cc3)[nH]2)CCC1. The van der Waals surface area contributed by atoms with Gasteiger partial charge in [-0.3, -0.25) is 0 Å². The summed E-state index contributed by atoms with van der Waals surface area (Å²) >= 11 is 0. The van der Waals surface area contributed by atoms with Gasteiger partial charge >= 0.3 is 0 Å². The van der Waals surface area contributed by atoms with Crippen molar-refractivity contribution in [1.82, 2.24) is 9.97 Å². The molecule has 1 aliphatic rings. The molecule has 1 aromatic carbocycles. The molecule has 4 heteroatoms. The molecule has 3 rings (SSSR count). The van der Waals surface area contributed by atoms with Gasteiger partial charge in [0.25, 0.3) is 0 Å². The zero-order valence-corrected chi connectivity index (χ0v) is 9.41. The first-order valence-corrected chi connectivity index (χ1v) is 5.78. The smallest absolute Gasteiger partial charge is 0.126 e. The molecular formula is C13H14FN3. The van der Waals surface area contributed by atoms with Crippen LogP contribution in [-0.4, -0.2) is 9.97 Å². The lowest BCUT2D eigenvalue weighted by molar-refractivity contribution is 0.240. The fourth-order valence-corrected chi connectivity index (χ4v) is 2.14. The fourth-order valence-electron chi connectivity index (χ4n) is 2.14. The van der Waals surface area contributed by atoms with Crippen LogP contribution < -0.4 is 5.73 Å². The Morgan fingerprint density at radius 2 is 1.94 bits per heavy atom. The van der Waals surface area contributed by atoms with E-state index in [0.29, 0.717) is 0 Å². The normalized spacial score (nSPS) is 17.8. The zero-order chi connectivity index (χ0) is 11.9. The Balaban J connectivity index is 1.92. The van der Waals surface area contributed by atoms with E-state index in [1.807, 2.05) is 0 Å². The molecule has 1 saturated carbocycles. The van der Waals surface area contributed by atoms with Crippen LogP contribution in [0.4, 0.5) is 4.39 Å². The zero-order valence-electron chi connectivity index (χ0n) is 9.41. The van der Waals surface area contributed by atoms with Gasteiger partial charge in [0.05, 0.1) is 17.4 Å². The van der Waals surface area contributed by atoms with Crippen LogP contribution in [0.25, 0.3) is 11.3 Å². The topological polar surface area (TPSA) is 54.7 Å². The van der Waals surface area contributed by atoms with Gasteiger partial charge in [0.1, 0.15) is 11.6 Å². The first kappa shape index (κ1) is 10.5. The van der Waals surface area contributed by atoms with Gasteiger partial charge in [-0.2, -0.15) is 0 Å². The third kappa shape index (κ3) is 1.74. The average Bonchev–Trinajstić information content (AvgIpc) is 2.76. The Morgan fingerprint density at radius 1 is 1.24 bits per heavy atom. The molecule has 0 atom stereocenters. The second-order valence-electron chi connectivity index (χ2n) is 4.66. The Bertz CT molecular complexity index is 526. The number of rotatable bonds is 2. The van der Waals surface area contributed by atoms with E-state index < -0.39 is 0 Å². The molecule has 1 aromatic heterocycles. The molecule has 88 valence electrons. The standard InChI is InChI=1S/C13H14FN3/c14-10-4-2-9(3-5-10)11-8-16-12(17-11)13(15)6-1-7-13/h2-5,8H,1,6-7,15H2,(H,16,17). The molecule has 0 saturated heterocycles. The summed E-state index contributed by atoms with van der Waals surface area (Å²) in [6.07, 6.45) is 4.87. The Kier molecular flexibility index (Phi) is 2.26. The van der Waals surface area contributed by atoms with E-state index in [4.69, 9.17) is 5.73 Å². The van der Waals surface area contributed by atoms with Gasteiger partial charge in [-0.1, -0.05) is 0 Å². The summed E-state index contributed by atoms with van der Waals surface area (Å²) in [7, 11) is 0. The van der Waals surface area contributed by atoms with Gasteiger partial charge < -0.3 is 10.7 Å². The number of imidazole rings is 1. The highest BCUT2D eigenvalue weighted by Crippen LogP contribution is 2.37. The lowest BCUT2D eigenvalue weighted by atomic mass is 9.77. The molecule has 17 heavy (non-hydrogen) atoms. The van der Waals surface area contributed by atoms with Crippen LogP contribution in [0.15, 0.2) is 30.5 Å². The summed E-state index contributed by atoms with van der Waals surface area (Å²) in [5, 5.41) is 0. The molecule has 1 heterocycles. The van der Waals surface area contributed by atoms with Crippen LogP contribution in [0.5, 0.6) is 0 Å². The summed E-state index contributed by atoms with van der Waals surface area (Å²) in [5.41, 5.74) is 7.72. The molecule has 3 nitrogen and oxygen atoms in total. The Labute approximate surface area is 98.9 Å².